The minimum absolute atomic E-state index is 0.0299. The number of carbonyl (C=O) groups is 2. The standard InChI is InChI=1S/C23H26N2O6/c1-28-17-12-19(29-2)21(20(13-17)30-3)22(26)24-10-8-16(9-11-24)25-18-7-5-4-6-15(18)14-31-23(25)27/h4-7,12-13,16H,8-11,14H2,1-3H3. The van der Waals surface area contributed by atoms with Crippen LogP contribution in [0.5, 0.6) is 17.2 Å². The van der Waals surface area contributed by atoms with Crippen LogP contribution in [0.2, 0.25) is 0 Å². The first kappa shape index (κ1) is 20.8. The number of amides is 2. The van der Waals surface area contributed by atoms with Crippen LogP contribution in [0, 0.1) is 0 Å². The number of hydrogen-bond acceptors (Lipinski definition) is 6. The maximum Gasteiger partial charge on any atom is 0.414 e. The van der Waals surface area contributed by atoms with Crippen molar-refractivity contribution in [1.82, 2.24) is 4.90 Å². The molecule has 4 rings (SSSR count). The summed E-state index contributed by atoms with van der Waals surface area (Å²) in [6.45, 7) is 1.31. The highest BCUT2D eigenvalue weighted by Crippen LogP contribution is 2.36. The van der Waals surface area contributed by atoms with E-state index in [-0.39, 0.29) is 18.0 Å². The molecule has 0 radical (unpaired) electrons. The number of cyclic esters (lactones) is 1. The van der Waals surface area contributed by atoms with E-state index in [1.807, 2.05) is 24.3 Å². The summed E-state index contributed by atoms with van der Waals surface area (Å²) in [4.78, 5) is 29.3. The third kappa shape index (κ3) is 3.85. The van der Waals surface area contributed by atoms with Gasteiger partial charge in [0.25, 0.3) is 5.91 Å². The summed E-state index contributed by atoms with van der Waals surface area (Å²) < 4.78 is 21.5. The van der Waals surface area contributed by atoms with E-state index < -0.39 is 0 Å². The average molecular weight is 426 g/mol. The molecule has 2 aliphatic rings. The Labute approximate surface area is 181 Å². The van der Waals surface area contributed by atoms with E-state index in [9.17, 15) is 9.59 Å². The van der Waals surface area contributed by atoms with Gasteiger partial charge in [-0.1, -0.05) is 18.2 Å². The Kier molecular flexibility index (Phi) is 5.88. The Morgan fingerprint density at radius 2 is 1.65 bits per heavy atom. The van der Waals surface area contributed by atoms with Crippen LogP contribution in [0.4, 0.5) is 10.5 Å². The van der Waals surface area contributed by atoms with Gasteiger partial charge in [0.1, 0.15) is 29.4 Å². The second-order valence-corrected chi connectivity index (χ2v) is 7.48. The van der Waals surface area contributed by atoms with Crippen LogP contribution >= 0.6 is 0 Å². The van der Waals surface area contributed by atoms with Crippen LogP contribution < -0.4 is 19.1 Å². The molecule has 1 saturated heterocycles. The van der Waals surface area contributed by atoms with Crippen LogP contribution in [-0.2, 0) is 11.3 Å². The van der Waals surface area contributed by atoms with Gasteiger partial charge in [-0.15, -0.1) is 0 Å². The summed E-state index contributed by atoms with van der Waals surface area (Å²) in [7, 11) is 4.57. The number of ether oxygens (including phenoxy) is 4. The van der Waals surface area contributed by atoms with Crippen LogP contribution in [-0.4, -0.2) is 57.4 Å². The molecular weight excluding hydrogens is 400 g/mol. The molecule has 0 atom stereocenters. The maximum absolute atomic E-state index is 13.3. The van der Waals surface area contributed by atoms with Crippen molar-refractivity contribution < 1.29 is 28.5 Å². The van der Waals surface area contributed by atoms with Crippen molar-refractivity contribution in [3.05, 3.63) is 47.5 Å². The monoisotopic (exact) mass is 426 g/mol. The number of likely N-dealkylation sites (tertiary alicyclic amines) is 1. The van der Waals surface area contributed by atoms with Gasteiger partial charge in [-0.05, 0) is 18.9 Å². The van der Waals surface area contributed by atoms with Gasteiger partial charge in [0.2, 0.25) is 0 Å². The lowest BCUT2D eigenvalue weighted by Gasteiger charge is -2.40. The second kappa shape index (κ2) is 8.75. The largest absolute Gasteiger partial charge is 0.496 e. The van der Waals surface area contributed by atoms with Crippen molar-refractivity contribution in [1.29, 1.82) is 0 Å². The van der Waals surface area contributed by atoms with E-state index >= 15 is 0 Å². The van der Waals surface area contributed by atoms with E-state index in [1.54, 1.807) is 29.0 Å². The number of hydrogen-bond donors (Lipinski definition) is 0. The van der Waals surface area contributed by atoms with Gasteiger partial charge >= 0.3 is 6.09 Å². The predicted octanol–water partition coefficient (Wildman–Crippen LogP) is 3.47. The van der Waals surface area contributed by atoms with Crippen molar-refractivity contribution in [3.8, 4) is 17.2 Å². The molecule has 0 unspecified atom stereocenters. The first-order valence-corrected chi connectivity index (χ1v) is 10.2. The van der Waals surface area contributed by atoms with Gasteiger partial charge in [0, 0.05) is 36.8 Å². The summed E-state index contributed by atoms with van der Waals surface area (Å²) in [5.74, 6) is 1.18. The average Bonchev–Trinajstić information content (AvgIpc) is 2.82. The number of methoxy groups -OCH3 is 3. The molecule has 0 aromatic heterocycles. The van der Waals surface area contributed by atoms with Crippen LogP contribution in [0.15, 0.2) is 36.4 Å². The first-order chi connectivity index (χ1) is 15.1. The molecule has 8 nitrogen and oxygen atoms in total. The van der Waals surface area contributed by atoms with Gasteiger partial charge in [0.15, 0.2) is 0 Å². The molecule has 31 heavy (non-hydrogen) atoms. The highest BCUT2D eigenvalue weighted by molar-refractivity contribution is 6.00. The van der Waals surface area contributed by atoms with Crippen molar-refractivity contribution >= 4 is 17.7 Å². The molecule has 2 amide bonds. The van der Waals surface area contributed by atoms with E-state index in [4.69, 9.17) is 18.9 Å². The van der Waals surface area contributed by atoms with Gasteiger partial charge < -0.3 is 23.8 Å². The Bertz CT molecular complexity index is 959. The van der Waals surface area contributed by atoms with Crippen molar-refractivity contribution in [2.24, 2.45) is 0 Å². The number of anilines is 1. The number of para-hydroxylation sites is 1. The third-order valence-corrected chi connectivity index (χ3v) is 5.84. The smallest absolute Gasteiger partial charge is 0.414 e. The Morgan fingerprint density at radius 3 is 2.26 bits per heavy atom. The zero-order chi connectivity index (χ0) is 22.0. The van der Waals surface area contributed by atoms with Crippen molar-refractivity contribution in [3.63, 3.8) is 0 Å². The van der Waals surface area contributed by atoms with E-state index in [1.165, 1.54) is 14.2 Å². The number of benzene rings is 2. The zero-order valence-corrected chi connectivity index (χ0v) is 17.9. The summed E-state index contributed by atoms with van der Waals surface area (Å²) in [5, 5.41) is 0. The molecule has 2 aromatic rings. The fraction of sp³-hybridized carbons (Fsp3) is 0.391. The van der Waals surface area contributed by atoms with Gasteiger partial charge in [-0.3, -0.25) is 9.69 Å². The quantitative estimate of drug-likeness (QED) is 0.729. The number of fused-ring (bicyclic) bond motifs is 1. The third-order valence-electron chi connectivity index (χ3n) is 5.84. The highest BCUT2D eigenvalue weighted by Gasteiger charge is 2.36. The number of rotatable bonds is 5. The summed E-state index contributed by atoms with van der Waals surface area (Å²) in [6, 6.07) is 11.1. The Hall–Kier alpha value is -3.42. The van der Waals surface area contributed by atoms with E-state index in [0.29, 0.717) is 55.4 Å². The molecule has 0 spiro atoms. The molecule has 2 aromatic carbocycles. The molecule has 164 valence electrons. The normalized spacial score (nSPS) is 16.4. The molecule has 2 heterocycles. The predicted molar refractivity (Wildman–Crippen MR) is 114 cm³/mol. The van der Waals surface area contributed by atoms with Crippen LogP contribution in [0.25, 0.3) is 0 Å². The number of piperidine rings is 1. The molecular formula is C23H26N2O6. The molecule has 8 heteroatoms. The minimum atomic E-state index is -0.332. The topological polar surface area (TPSA) is 77.5 Å². The number of carbonyl (C=O) groups excluding carboxylic acids is 2. The Balaban J connectivity index is 1.52. The summed E-state index contributed by atoms with van der Waals surface area (Å²) in [5.41, 5.74) is 2.25. The lowest BCUT2D eigenvalue weighted by Crippen LogP contribution is -2.50. The van der Waals surface area contributed by atoms with Gasteiger partial charge in [-0.25, -0.2) is 4.79 Å². The molecule has 0 saturated carbocycles. The van der Waals surface area contributed by atoms with Crippen molar-refractivity contribution in [2.45, 2.75) is 25.5 Å². The first-order valence-electron chi connectivity index (χ1n) is 10.2. The fourth-order valence-corrected chi connectivity index (χ4v) is 4.22. The lowest BCUT2D eigenvalue weighted by molar-refractivity contribution is 0.0701. The van der Waals surface area contributed by atoms with E-state index in [2.05, 4.69) is 0 Å². The SMILES string of the molecule is COc1cc(OC)c(C(=O)N2CCC(N3C(=O)OCc4ccccc43)CC2)c(OC)c1. The highest BCUT2D eigenvalue weighted by atomic mass is 16.6. The van der Waals surface area contributed by atoms with Crippen LogP contribution in [0.3, 0.4) is 0 Å². The minimum Gasteiger partial charge on any atom is -0.496 e. The van der Waals surface area contributed by atoms with Gasteiger partial charge in [0.05, 0.1) is 27.0 Å². The fourth-order valence-electron chi connectivity index (χ4n) is 4.22. The molecule has 0 aliphatic carbocycles. The lowest BCUT2D eigenvalue weighted by atomic mass is 9.99. The molecule has 0 bridgehead atoms. The Morgan fingerprint density at radius 1 is 1.00 bits per heavy atom. The van der Waals surface area contributed by atoms with Crippen LogP contribution in [0.1, 0.15) is 28.8 Å². The van der Waals surface area contributed by atoms with E-state index in [0.717, 1.165) is 11.3 Å². The van der Waals surface area contributed by atoms with Gasteiger partial charge in [-0.2, -0.15) is 0 Å². The number of nitrogens with zero attached hydrogens (tertiary/aromatic N) is 2. The molecule has 0 N–H and O–H groups in total. The maximum atomic E-state index is 13.3. The molecule has 2 aliphatic heterocycles. The second-order valence-electron chi connectivity index (χ2n) is 7.48. The summed E-state index contributed by atoms with van der Waals surface area (Å²) in [6.07, 6.45) is 0.966. The zero-order valence-electron chi connectivity index (χ0n) is 17.9. The molecule has 1 fully saturated rings. The summed E-state index contributed by atoms with van der Waals surface area (Å²) >= 11 is 0. The van der Waals surface area contributed by atoms with Crippen molar-refractivity contribution in [2.75, 3.05) is 39.3 Å².